The summed E-state index contributed by atoms with van der Waals surface area (Å²) in [6.07, 6.45) is 0. The van der Waals surface area contributed by atoms with Gasteiger partial charge in [0.15, 0.2) is 11.5 Å². The van der Waals surface area contributed by atoms with Crippen LogP contribution in [0.4, 0.5) is 4.39 Å². The van der Waals surface area contributed by atoms with Gasteiger partial charge in [0.05, 0.1) is 23.5 Å². The quantitative estimate of drug-likeness (QED) is 0.364. The Morgan fingerprint density at radius 2 is 1.80 bits per heavy atom. The number of hydrogen-bond acceptors (Lipinski definition) is 3. The highest BCUT2D eigenvalue weighted by Crippen LogP contribution is 2.40. The van der Waals surface area contributed by atoms with Crippen molar-refractivity contribution >= 4 is 23.2 Å². The minimum Gasteiger partial charge on any atom is -0.496 e. The Morgan fingerprint density at radius 3 is 2.50 bits per heavy atom. The van der Waals surface area contributed by atoms with Gasteiger partial charge in [0.25, 0.3) is 0 Å². The summed E-state index contributed by atoms with van der Waals surface area (Å²) in [5, 5.41) is 10.2. The maximum atomic E-state index is 15.1. The Bertz CT molecular complexity index is 1280. The molecule has 0 aliphatic heterocycles. The van der Waals surface area contributed by atoms with E-state index in [9.17, 15) is 5.26 Å². The molecular weight excluding hydrogens is 424 g/mol. The first kappa shape index (κ1) is 20.0. The van der Waals surface area contributed by atoms with Gasteiger partial charge < -0.3 is 4.74 Å². The predicted octanol–water partition coefficient (Wildman–Crippen LogP) is 6.53. The van der Waals surface area contributed by atoms with E-state index in [1.54, 1.807) is 34.9 Å². The molecule has 1 heterocycles. The van der Waals surface area contributed by atoms with Crippen LogP contribution < -0.4 is 4.74 Å². The third-order valence-electron chi connectivity index (χ3n) is 4.60. The maximum Gasteiger partial charge on any atom is 0.167 e. The average molecular weight is 438 g/mol. The highest BCUT2D eigenvalue weighted by molar-refractivity contribution is 6.31. The monoisotopic (exact) mass is 437 g/mol. The molecular formula is C23H14Cl2FN3O. The smallest absolute Gasteiger partial charge is 0.167 e. The van der Waals surface area contributed by atoms with Crippen molar-refractivity contribution in [1.29, 1.82) is 5.26 Å². The average Bonchev–Trinajstić information content (AvgIpc) is 3.15. The fraction of sp³-hybridized carbons (Fsp3) is 0.0435. The standard InChI is InChI=1S/C23H14Cl2FN3O/c1-30-20-11-10-15(24)12-16(20)22-18(13-27)28-23(14-6-3-2-4-7-14)29(22)19-9-5-8-17(25)21(19)26/h2-12H,1H3. The van der Waals surface area contributed by atoms with Gasteiger partial charge in [-0.3, -0.25) is 4.57 Å². The van der Waals surface area contributed by atoms with Crippen LogP contribution in [0.1, 0.15) is 5.69 Å². The minimum absolute atomic E-state index is 0.0391. The number of hydrogen-bond donors (Lipinski definition) is 0. The van der Waals surface area contributed by atoms with Crippen molar-refractivity contribution in [3.63, 3.8) is 0 Å². The molecule has 148 valence electrons. The van der Waals surface area contributed by atoms with Gasteiger partial charge in [-0.05, 0) is 30.3 Å². The lowest BCUT2D eigenvalue weighted by Gasteiger charge is -2.16. The maximum absolute atomic E-state index is 15.1. The molecule has 0 saturated carbocycles. The lowest BCUT2D eigenvalue weighted by Crippen LogP contribution is -2.04. The van der Waals surface area contributed by atoms with Crippen LogP contribution in [0, 0.1) is 17.1 Å². The van der Waals surface area contributed by atoms with Gasteiger partial charge in [-0.15, -0.1) is 0 Å². The normalized spacial score (nSPS) is 10.6. The van der Waals surface area contributed by atoms with E-state index in [-0.39, 0.29) is 16.4 Å². The van der Waals surface area contributed by atoms with Crippen LogP contribution >= 0.6 is 23.2 Å². The number of ether oxygens (including phenoxy) is 1. The second-order valence-corrected chi connectivity index (χ2v) is 7.21. The van der Waals surface area contributed by atoms with Crippen LogP contribution in [0.15, 0.2) is 66.7 Å². The van der Waals surface area contributed by atoms with Gasteiger partial charge in [0, 0.05) is 16.1 Å². The molecule has 4 rings (SSSR count). The summed E-state index contributed by atoms with van der Waals surface area (Å²) in [5.41, 5.74) is 1.84. The Hall–Kier alpha value is -3.33. The molecule has 0 aliphatic carbocycles. The fourth-order valence-corrected chi connectivity index (χ4v) is 3.63. The van der Waals surface area contributed by atoms with E-state index >= 15 is 4.39 Å². The Morgan fingerprint density at radius 1 is 1.03 bits per heavy atom. The number of methoxy groups -OCH3 is 1. The Labute approximate surface area is 182 Å². The SMILES string of the molecule is COc1ccc(Cl)cc1-c1c(C#N)nc(-c2ccccc2)n1-c1cccc(Cl)c1F. The summed E-state index contributed by atoms with van der Waals surface area (Å²) >= 11 is 12.3. The largest absolute Gasteiger partial charge is 0.496 e. The van der Waals surface area contributed by atoms with Gasteiger partial charge in [-0.25, -0.2) is 9.37 Å². The fourth-order valence-electron chi connectivity index (χ4n) is 3.29. The van der Waals surface area contributed by atoms with Gasteiger partial charge in [0.1, 0.15) is 17.6 Å². The molecule has 0 N–H and O–H groups in total. The molecule has 0 radical (unpaired) electrons. The molecule has 4 nitrogen and oxygen atoms in total. The lowest BCUT2D eigenvalue weighted by atomic mass is 10.1. The van der Waals surface area contributed by atoms with Gasteiger partial charge in [0.2, 0.25) is 0 Å². The summed E-state index contributed by atoms with van der Waals surface area (Å²) < 4.78 is 22.2. The van der Waals surface area contributed by atoms with Crippen molar-refractivity contribution in [3.8, 4) is 40.2 Å². The van der Waals surface area contributed by atoms with E-state index in [0.29, 0.717) is 33.4 Å². The van der Waals surface area contributed by atoms with Crippen molar-refractivity contribution in [3.05, 3.63) is 88.3 Å². The van der Waals surface area contributed by atoms with Crippen molar-refractivity contribution in [2.75, 3.05) is 7.11 Å². The molecule has 0 fully saturated rings. The van der Waals surface area contributed by atoms with E-state index in [0.717, 1.165) is 0 Å². The molecule has 1 aromatic heterocycles. The third kappa shape index (κ3) is 3.41. The summed E-state index contributed by atoms with van der Waals surface area (Å²) in [6.45, 7) is 0. The first-order valence-electron chi connectivity index (χ1n) is 8.91. The molecule has 7 heteroatoms. The van der Waals surface area contributed by atoms with E-state index in [2.05, 4.69) is 11.1 Å². The third-order valence-corrected chi connectivity index (χ3v) is 5.13. The number of imidazole rings is 1. The van der Waals surface area contributed by atoms with Crippen molar-refractivity contribution in [1.82, 2.24) is 9.55 Å². The summed E-state index contributed by atoms with van der Waals surface area (Å²) in [4.78, 5) is 4.52. The number of nitrogens with zero attached hydrogens (tertiary/aromatic N) is 3. The van der Waals surface area contributed by atoms with Crippen molar-refractivity contribution in [2.45, 2.75) is 0 Å². The topological polar surface area (TPSA) is 50.8 Å². The number of benzene rings is 3. The minimum atomic E-state index is -0.625. The summed E-state index contributed by atoms with van der Waals surface area (Å²) in [6, 6.07) is 21.0. The van der Waals surface area contributed by atoms with Crippen LogP contribution in [-0.2, 0) is 0 Å². The second kappa shape index (κ2) is 8.19. The van der Waals surface area contributed by atoms with E-state index in [1.807, 2.05) is 30.3 Å². The first-order chi connectivity index (χ1) is 14.5. The van der Waals surface area contributed by atoms with Gasteiger partial charge in [-0.1, -0.05) is 59.6 Å². The highest BCUT2D eigenvalue weighted by Gasteiger charge is 2.25. The van der Waals surface area contributed by atoms with E-state index in [1.165, 1.54) is 13.2 Å². The number of halogens is 3. The summed E-state index contributed by atoms with van der Waals surface area (Å²) in [7, 11) is 1.51. The first-order valence-corrected chi connectivity index (χ1v) is 9.67. The van der Waals surface area contributed by atoms with Crippen molar-refractivity contribution in [2.24, 2.45) is 0 Å². The number of aromatic nitrogens is 2. The lowest BCUT2D eigenvalue weighted by molar-refractivity contribution is 0.416. The molecule has 0 atom stereocenters. The molecule has 0 amide bonds. The molecule has 4 aromatic rings. The van der Waals surface area contributed by atoms with Crippen LogP contribution in [0.25, 0.3) is 28.3 Å². The molecule has 0 saturated heterocycles. The van der Waals surface area contributed by atoms with Crippen molar-refractivity contribution < 1.29 is 9.13 Å². The Balaban J connectivity index is 2.16. The zero-order valence-corrected chi connectivity index (χ0v) is 17.2. The molecule has 30 heavy (non-hydrogen) atoms. The molecule has 0 aliphatic rings. The van der Waals surface area contributed by atoms with Gasteiger partial charge >= 0.3 is 0 Å². The Kier molecular flexibility index (Phi) is 5.45. The van der Waals surface area contributed by atoms with Gasteiger partial charge in [-0.2, -0.15) is 5.26 Å². The highest BCUT2D eigenvalue weighted by atomic mass is 35.5. The van der Waals surface area contributed by atoms with Crippen LogP contribution in [0.5, 0.6) is 5.75 Å². The molecule has 3 aromatic carbocycles. The van der Waals surface area contributed by atoms with E-state index < -0.39 is 5.82 Å². The number of rotatable bonds is 4. The zero-order valence-electron chi connectivity index (χ0n) is 15.7. The zero-order chi connectivity index (χ0) is 21.3. The second-order valence-electron chi connectivity index (χ2n) is 6.36. The number of nitriles is 1. The van der Waals surface area contributed by atoms with Crippen LogP contribution in [-0.4, -0.2) is 16.7 Å². The summed E-state index contributed by atoms with van der Waals surface area (Å²) in [5.74, 6) is 0.241. The van der Waals surface area contributed by atoms with E-state index in [4.69, 9.17) is 27.9 Å². The predicted molar refractivity (Wildman–Crippen MR) is 116 cm³/mol. The molecule has 0 spiro atoms. The molecule has 0 unspecified atom stereocenters. The van der Waals surface area contributed by atoms with Crippen LogP contribution in [0.3, 0.4) is 0 Å². The molecule has 0 bridgehead atoms. The van der Waals surface area contributed by atoms with Crippen LogP contribution in [0.2, 0.25) is 10.0 Å².